The number of hydrogen-bond donors (Lipinski definition) is 3. The van der Waals surface area contributed by atoms with Crippen LogP contribution in [0.4, 0.5) is 24.5 Å². The highest BCUT2D eigenvalue weighted by Gasteiger charge is 2.51. The largest absolute Gasteiger partial charge is 0.416 e. The van der Waals surface area contributed by atoms with E-state index in [0.29, 0.717) is 55.4 Å². The van der Waals surface area contributed by atoms with Gasteiger partial charge in [0.2, 0.25) is 11.8 Å². The third-order valence-electron chi connectivity index (χ3n) is 15.0. The van der Waals surface area contributed by atoms with E-state index in [0.717, 1.165) is 98.0 Å². The minimum Gasteiger partial charge on any atom is -0.370 e. The Kier molecular flexibility index (Phi) is 13.8. The van der Waals surface area contributed by atoms with Crippen LogP contribution in [0.3, 0.4) is 0 Å². The lowest BCUT2D eigenvalue weighted by molar-refractivity contribution is -0.982. The van der Waals surface area contributed by atoms with E-state index < -0.39 is 17.6 Å². The number of benzene rings is 2. The van der Waals surface area contributed by atoms with E-state index in [1.807, 2.05) is 25.3 Å². The number of anilines is 2. The highest BCUT2D eigenvalue weighted by Crippen LogP contribution is 2.39. The van der Waals surface area contributed by atoms with Gasteiger partial charge in [-0.3, -0.25) is 29.6 Å². The van der Waals surface area contributed by atoms with Gasteiger partial charge in [0.1, 0.15) is 0 Å². The Morgan fingerprint density at radius 1 is 0.953 bits per heavy atom. The van der Waals surface area contributed by atoms with E-state index in [2.05, 4.69) is 68.4 Å². The van der Waals surface area contributed by atoms with E-state index in [9.17, 15) is 27.6 Å². The third-order valence-corrected chi connectivity index (χ3v) is 15.0. The molecule has 342 valence electrons. The average Bonchev–Trinajstić information content (AvgIpc) is 3.27. The Labute approximate surface area is 376 Å². The van der Waals surface area contributed by atoms with Crippen LogP contribution in [0.5, 0.6) is 0 Å². The molecule has 3 N–H and O–H groups in total. The van der Waals surface area contributed by atoms with Crippen molar-refractivity contribution in [3.63, 3.8) is 0 Å². The zero-order chi connectivity index (χ0) is 45.2. The van der Waals surface area contributed by atoms with Crippen LogP contribution in [0.2, 0.25) is 0 Å². The number of nitrogens with zero attached hydrogens (tertiary/aromatic N) is 5. The lowest BCUT2D eigenvalue weighted by Gasteiger charge is -2.56. The number of carbonyl (C=O) groups excluding carboxylic acids is 3. The first-order valence-corrected chi connectivity index (χ1v) is 23.3. The van der Waals surface area contributed by atoms with E-state index in [1.165, 1.54) is 19.0 Å². The number of pyridine rings is 1. The van der Waals surface area contributed by atoms with E-state index >= 15 is 0 Å². The minimum absolute atomic E-state index is 0.102. The van der Waals surface area contributed by atoms with E-state index in [4.69, 9.17) is 0 Å². The molecule has 11 nitrogen and oxygen atoms in total. The Balaban J connectivity index is 0.834. The second-order valence-electron chi connectivity index (χ2n) is 19.5. The number of hydrogen-bond acceptors (Lipinski definition) is 8. The summed E-state index contributed by atoms with van der Waals surface area (Å²) >= 11 is 0. The number of quaternary nitrogens is 1. The molecule has 6 fully saturated rings. The number of piperazine rings is 1. The van der Waals surface area contributed by atoms with Gasteiger partial charge in [-0.15, -0.1) is 0 Å². The molecule has 64 heavy (non-hydrogen) atoms. The molecule has 7 heterocycles. The number of carbonyl (C=O) groups is 3. The standard InChI is InChI=1S/C50H63F3N8O3/c1-33-7-8-38(24-37(33)9-10-39-28-55-34(2)6-5-23-61(4)32-45(39)35(61)3)48(63)56-42-12-11-40(46(26-42)50(51,52)53)31-59-21-19-58(20-22-59)30-36-15-17-60(18-16-36)43-25-41(27-54-29-43)44-13-14-47(62)57-49(44)64/h7-8,11-12,24-27,29,34-36,39,44-45,55H,5-6,13-23,28,30-32H2,1-4H3,(H-,56,57,62,63,64)/p+1/t34?,35?,39?,44?,45?,61-/m0/s1. The van der Waals surface area contributed by atoms with Crippen LogP contribution in [-0.4, -0.2) is 122 Å². The van der Waals surface area contributed by atoms with Crippen LogP contribution in [0.25, 0.3) is 0 Å². The van der Waals surface area contributed by atoms with Crippen molar-refractivity contribution < 1.29 is 32.0 Å². The molecule has 6 saturated heterocycles. The van der Waals surface area contributed by atoms with Gasteiger partial charge in [-0.25, -0.2) is 0 Å². The topological polar surface area (TPSA) is 110 Å². The summed E-state index contributed by atoms with van der Waals surface area (Å²) in [6.07, 6.45) is 4.16. The summed E-state index contributed by atoms with van der Waals surface area (Å²) in [6, 6.07) is 12.4. The van der Waals surface area contributed by atoms with E-state index in [-0.39, 0.29) is 41.4 Å². The van der Waals surface area contributed by atoms with Crippen molar-refractivity contribution in [1.82, 2.24) is 25.4 Å². The maximum atomic E-state index is 14.6. The fourth-order valence-corrected chi connectivity index (χ4v) is 10.6. The second-order valence-corrected chi connectivity index (χ2v) is 19.5. The SMILES string of the molecule is Cc1ccc(C(=O)Nc2ccc(CN3CCN(CC4CCN(c5cncc(C6CCC(=O)NC6=O)c5)CC4)CC3)c(C(F)(F)F)c2)cc1C#CC1CNC(C)CCC[N@@+]2(C)CC1C2C. The van der Waals surface area contributed by atoms with Gasteiger partial charge in [-0.2, -0.15) is 13.2 Å². The molecule has 6 aliphatic rings. The second kappa shape index (κ2) is 19.3. The van der Waals surface area contributed by atoms with Gasteiger partial charge >= 0.3 is 6.18 Å². The fraction of sp³-hybridized carbons (Fsp3) is 0.560. The molecule has 2 aromatic carbocycles. The number of fused-ring (bicyclic) bond motifs is 6. The van der Waals surface area contributed by atoms with Crippen LogP contribution >= 0.6 is 0 Å². The van der Waals surface area contributed by atoms with Crippen LogP contribution in [0.1, 0.15) is 96.5 Å². The van der Waals surface area contributed by atoms with Crippen molar-refractivity contribution in [2.45, 2.75) is 90.0 Å². The van der Waals surface area contributed by atoms with Gasteiger partial charge in [0, 0.05) is 100 Å². The van der Waals surface area contributed by atoms with E-state index in [1.54, 1.807) is 24.4 Å². The van der Waals surface area contributed by atoms with Crippen molar-refractivity contribution in [2.24, 2.45) is 17.8 Å². The van der Waals surface area contributed by atoms with Gasteiger partial charge < -0.3 is 24.9 Å². The summed E-state index contributed by atoms with van der Waals surface area (Å²) in [5.74, 6) is 6.81. The van der Waals surface area contributed by atoms with Crippen LogP contribution in [0.15, 0.2) is 54.9 Å². The molecule has 0 saturated carbocycles. The summed E-state index contributed by atoms with van der Waals surface area (Å²) in [4.78, 5) is 48.8. The van der Waals surface area contributed by atoms with Crippen LogP contribution in [-0.2, 0) is 22.3 Å². The predicted octanol–water partition coefficient (Wildman–Crippen LogP) is 6.42. The Morgan fingerprint density at radius 3 is 2.45 bits per heavy atom. The Bertz CT molecular complexity index is 2260. The smallest absolute Gasteiger partial charge is 0.370 e. The number of rotatable bonds is 8. The molecular weight excluding hydrogens is 818 g/mol. The number of amides is 3. The molecule has 3 amide bonds. The van der Waals surface area contributed by atoms with Gasteiger partial charge in [0.05, 0.1) is 55.5 Å². The molecule has 6 atom stereocenters. The number of aromatic nitrogens is 1. The number of alkyl halides is 3. The minimum atomic E-state index is -4.59. The molecule has 0 radical (unpaired) electrons. The third kappa shape index (κ3) is 10.7. The molecule has 5 unspecified atom stereocenters. The average molecular weight is 882 g/mol. The molecule has 1 aromatic heterocycles. The zero-order valence-electron chi connectivity index (χ0n) is 37.8. The molecular formula is C50H64F3N8O3+. The fourth-order valence-electron chi connectivity index (χ4n) is 10.6. The molecule has 14 heteroatoms. The Morgan fingerprint density at radius 2 is 1.72 bits per heavy atom. The molecule has 0 aliphatic carbocycles. The Hall–Kier alpha value is -4.81. The first-order chi connectivity index (χ1) is 30.6. The monoisotopic (exact) mass is 882 g/mol. The van der Waals surface area contributed by atoms with Crippen LogP contribution in [0, 0.1) is 36.5 Å². The normalized spacial score (nSPS) is 27.5. The van der Waals surface area contributed by atoms with Gasteiger partial charge in [-0.05, 0) is 106 Å². The number of piperidine rings is 2. The van der Waals surface area contributed by atoms with Crippen molar-refractivity contribution >= 4 is 29.1 Å². The summed E-state index contributed by atoms with van der Waals surface area (Å²) < 4.78 is 44.8. The number of aryl methyl sites for hydroxylation is 1. The zero-order valence-corrected chi connectivity index (χ0v) is 37.8. The van der Waals surface area contributed by atoms with Crippen molar-refractivity contribution in [2.75, 3.05) is 82.7 Å². The van der Waals surface area contributed by atoms with Crippen molar-refractivity contribution in [1.29, 1.82) is 0 Å². The highest BCUT2D eigenvalue weighted by molar-refractivity contribution is 6.04. The first kappa shape index (κ1) is 45.7. The molecule has 0 spiro atoms. The number of imide groups is 1. The quantitative estimate of drug-likeness (QED) is 0.135. The molecule has 2 bridgehead atoms. The maximum absolute atomic E-state index is 14.6. The summed E-state index contributed by atoms with van der Waals surface area (Å²) in [5, 5.41) is 8.87. The predicted molar refractivity (Wildman–Crippen MR) is 243 cm³/mol. The van der Waals surface area contributed by atoms with Crippen molar-refractivity contribution in [3.05, 3.63) is 88.2 Å². The van der Waals surface area contributed by atoms with Crippen LogP contribution < -0.4 is 20.9 Å². The summed E-state index contributed by atoms with van der Waals surface area (Å²) in [7, 11) is 2.36. The first-order valence-electron chi connectivity index (χ1n) is 23.3. The maximum Gasteiger partial charge on any atom is 0.416 e. The lowest BCUT2D eigenvalue weighted by atomic mass is 9.76. The van der Waals surface area contributed by atoms with Gasteiger partial charge in [0.15, 0.2) is 0 Å². The van der Waals surface area contributed by atoms with Crippen molar-refractivity contribution in [3.8, 4) is 11.8 Å². The van der Waals surface area contributed by atoms with Gasteiger partial charge in [-0.1, -0.05) is 24.0 Å². The highest BCUT2D eigenvalue weighted by atomic mass is 19.4. The summed E-state index contributed by atoms with van der Waals surface area (Å²) in [5.41, 5.74) is 3.43. The number of nitrogens with one attached hydrogen (secondary N) is 3. The number of halogens is 3. The molecule has 9 rings (SSSR count). The summed E-state index contributed by atoms with van der Waals surface area (Å²) in [6.45, 7) is 15.4. The van der Waals surface area contributed by atoms with Gasteiger partial charge in [0.25, 0.3) is 5.91 Å². The molecule has 6 aliphatic heterocycles. The lowest BCUT2D eigenvalue weighted by Crippen LogP contribution is -2.70. The molecule has 3 aromatic rings.